The van der Waals surface area contributed by atoms with Crippen molar-refractivity contribution >= 4 is 39.6 Å². The molecule has 1 aliphatic carbocycles. The van der Waals surface area contributed by atoms with Gasteiger partial charge in [0.15, 0.2) is 5.43 Å². The molecule has 3 N–H and O–H groups in total. The Morgan fingerprint density at radius 2 is 1.53 bits per heavy atom. The summed E-state index contributed by atoms with van der Waals surface area (Å²) in [5, 5.41) is 32.7. The number of rotatable bonds is 11. The molecular weight excluding hydrogens is 554 g/mol. The Morgan fingerprint density at radius 3 is 2.23 bits per heavy atom. The summed E-state index contributed by atoms with van der Waals surface area (Å²) in [4.78, 5) is 49.7. The van der Waals surface area contributed by atoms with Crippen molar-refractivity contribution in [3.63, 3.8) is 0 Å². The van der Waals surface area contributed by atoms with E-state index in [-0.39, 0.29) is 35.0 Å². The fraction of sp³-hybridized carbons (Fsp3) is 0.290. The lowest BCUT2D eigenvalue weighted by Gasteiger charge is -2.31. The average molecular weight is 586 g/mol. The van der Waals surface area contributed by atoms with E-state index in [0.717, 1.165) is 32.1 Å². The van der Waals surface area contributed by atoms with E-state index < -0.39 is 27.7 Å². The molecule has 0 aliphatic heterocycles. The Morgan fingerprint density at radius 1 is 0.884 bits per heavy atom. The minimum atomic E-state index is -1.09. The second kappa shape index (κ2) is 13.1. The van der Waals surface area contributed by atoms with Crippen LogP contribution < -0.4 is 21.4 Å². The van der Waals surface area contributed by atoms with E-state index in [1.165, 1.54) is 42.7 Å². The lowest BCUT2D eigenvalue weighted by Crippen LogP contribution is -2.47. The number of carbonyl (C=O) groups excluding carboxylic acids is 1. The van der Waals surface area contributed by atoms with Crippen LogP contribution in [0.25, 0.3) is 11.0 Å². The fourth-order valence-corrected chi connectivity index (χ4v) is 5.52. The molecule has 0 saturated heterocycles. The Hall–Kier alpha value is -5.26. The van der Waals surface area contributed by atoms with Crippen LogP contribution in [0.3, 0.4) is 0 Å². The van der Waals surface area contributed by atoms with Crippen molar-refractivity contribution in [2.75, 3.05) is 17.2 Å². The molecular formula is C31H31N5O7. The lowest BCUT2D eigenvalue weighted by molar-refractivity contribution is -0.385. The summed E-state index contributed by atoms with van der Waals surface area (Å²) >= 11 is 0. The smallest absolute Gasteiger partial charge is 0.271 e. The number of hydrogen-bond donors (Lipinski definition) is 3. The molecule has 0 bridgehead atoms. The highest BCUT2D eigenvalue weighted by molar-refractivity contribution is 5.87. The molecule has 2 unspecified atom stereocenters. The van der Waals surface area contributed by atoms with Crippen molar-refractivity contribution in [1.82, 2.24) is 5.32 Å². The van der Waals surface area contributed by atoms with Gasteiger partial charge in [0.05, 0.1) is 33.5 Å². The molecule has 4 aromatic rings. The molecule has 0 spiro atoms. The summed E-state index contributed by atoms with van der Waals surface area (Å²) in [6, 6.07) is 17.6. The maximum atomic E-state index is 14.1. The van der Waals surface area contributed by atoms with E-state index in [0.29, 0.717) is 22.3 Å². The van der Waals surface area contributed by atoms with Crippen molar-refractivity contribution in [3.8, 4) is 0 Å². The van der Waals surface area contributed by atoms with Gasteiger partial charge in [-0.15, -0.1) is 0 Å². The summed E-state index contributed by atoms with van der Waals surface area (Å²) in [5.74, 6) is -1.48. The third kappa shape index (κ3) is 6.97. The molecule has 12 heteroatoms. The van der Waals surface area contributed by atoms with Gasteiger partial charge in [-0.1, -0.05) is 43.5 Å². The normalized spacial score (nSPS) is 14.9. The Bertz CT molecular complexity index is 1700. The van der Waals surface area contributed by atoms with Crippen molar-refractivity contribution in [1.29, 1.82) is 0 Å². The number of nitro benzene ring substituents is 2. The topological polar surface area (TPSA) is 170 Å². The summed E-state index contributed by atoms with van der Waals surface area (Å²) in [7, 11) is 0. The highest BCUT2D eigenvalue weighted by Crippen LogP contribution is 2.28. The molecule has 1 heterocycles. The fourth-order valence-electron chi connectivity index (χ4n) is 5.52. The van der Waals surface area contributed by atoms with Crippen molar-refractivity contribution in [2.45, 2.75) is 50.1 Å². The molecule has 0 radical (unpaired) electrons. The van der Waals surface area contributed by atoms with Gasteiger partial charge >= 0.3 is 0 Å². The number of nitrogens with zero attached hydrogens (tertiary/aromatic N) is 2. The van der Waals surface area contributed by atoms with E-state index in [4.69, 9.17) is 4.42 Å². The van der Waals surface area contributed by atoms with Gasteiger partial charge in [-0.05, 0) is 37.1 Å². The first-order valence-electron chi connectivity index (χ1n) is 14.1. The first-order chi connectivity index (χ1) is 20.8. The van der Waals surface area contributed by atoms with Crippen molar-refractivity contribution in [2.24, 2.45) is 0 Å². The lowest BCUT2D eigenvalue weighted by atomic mass is 9.88. The third-order valence-corrected chi connectivity index (χ3v) is 7.67. The van der Waals surface area contributed by atoms with Crippen LogP contribution in [0.5, 0.6) is 0 Å². The number of amides is 1. The zero-order valence-electron chi connectivity index (χ0n) is 23.2. The van der Waals surface area contributed by atoms with Gasteiger partial charge in [0, 0.05) is 53.8 Å². The van der Waals surface area contributed by atoms with Crippen LogP contribution in [-0.4, -0.2) is 34.4 Å². The van der Waals surface area contributed by atoms with Gasteiger partial charge in [-0.3, -0.25) is 29.8 Å². The summed E-state index contributed by atoms with van der Waals surface area (Å²) < 4.78 is 5.81. The molecule has 5 rings (SSSR count). The molecule has 43 heavy (non-hydrogen) atoms. The van der Waals surface area contributed by atoms with Gasteiger partial charge in [-0.25, -0.2) is 0 Å². The highest BCUT2D eigenvalue weighted by Gasteiger charge is 2.35. The van der Waals surface area contributed by atoms with Gasteiger partial charge < -0.3 is 20.4 Å². The molecule has 1 saturated carbocycles. The maximum Gasteiger partial charge on any atom is 0.271 e. The number of nitrogens with one attached hydrogen (secondary N) is 3. The summed E-state index contributed by atoms with van der Waals surface area (Å²) in [5.41, 5.74) is 0.653. The standard InChI is InChI=1S/C31H31N5O7/c37-30-25-14-4-5-15-28(25)43-19-26(30)29(31(38)34-20-8-2-1-3-9-20)27(33-22-11-7-13-24(17-22)36(41)42)18-32-21-10-6-12-23(16-21)35(39)40/h4-7,10-17,19-20,27,29,32-33H,1-3,8-9,18H2,(H,34,38). The number of benzene rings is 3. The minimum Gasteiger partial charge on any atom is -0.464 e. The number of nitro groups is 2. The number of fused-ring (bicyclic) bond motifs is 1. The largest absolute Gasteiger partial charge is 0.464 e. The quantitative estimate of drug-likeness (QED) is 0.147. The molecule has 3 aromatic carbocycles. The van der Waals surface area contributed by atoms with Crippen molar-refractivity contribution in [3.05, 3.63) is 115 Å². The summed E-state index contributed by atoms with van der Waals surface area (Å²) in [6.45, 7) is 0.0267. The monoisotopic (exact) mass is 585 g/mol. The second-order valence-corrected chi connectivity index (χ2v) is 10.6. The van der Waals surface area contributed by atoms with E-state index in [1.54, 1.807) is 36.4 Å². The van der Waals surface area contributed by atoms with E-state index >= 15 is 0 Å². The first-order valence-corrected chi connectivity index (χ1v) is 14.1. The van der Waals surface area contributed by atoms with Gasteiger partial charge in [0.25, 0.3) is 11.4 Å². The van der Waals surface area contributed by atoms with Gasteiger partial charge in [-0.2, -0.15) is 0 Å². The molecule has 12 nitrogen and oxygen atoms in total. The molecule has 222 valence electrons. The van der Waals surface area contributed by atoms with Crippen LogP contribution in [-0.2, 0) is 4.79 Å². The number of hydrogen-bond acceptors (Lipinski definition) is 9. The average Bonchev–Trinajstić information content (AvgIpc) is 3.02. The number of para-hydroxylation sites is 1. The summed E-state index contributed by atoms with van der Waals surface area (Å²) in [6.07, 6.45) is 5.99. The van der Waals surface area contributed by atoms with E-state index in [9.17, 15) is 29.8 Å². The second-order valence-electron chi connectivity index (χ2n) is 10.6. The minimum absolute atomic E-state index is 0.0267. The number of carbonyl (C=O) groups is 1. The van der Waals surface area contributed by atoms with Crippen LogP contribution in [0.15, 0.2) is 88.3 Å². The maximum absolute atomic E-state index is 14.1. The number of anilines is 2. The predicted molar refractivity (Wildman–Crippen MR) is 162 cm³/mol. The SMILES string of the molecule is O=C(NC1CCCCC1)C(c1coc2ccccc2c1=O)C(CNc1cccc([N+](=O)[O-])c1)Nc1cccc([N+](=O)[O-])c1. The van der Waals surface area contributed by atoms with Crippen LogP contribution in [0.4, 0.5) is 22.7 Å². The Labute approximate surface area is 246 Å². The molecule has 1 amide bonds. The van der Waals surface area contributed by atoms with Crippen LogP contribution in [0.1, 0.15) is 43.6 Å². The Kier molecular flexibility index (Phi) is 8.94. The molecule has 1 aromatic heterocycles. The molecule has 2 atom stereocenters. The first kappa shape index (κ1) is 29.2. The molecule has 1 fully saturated rings. The predicted octanol–water partition coefficient (Wildman–Crippen LogP) is 5.73. The molecule has 1 aliphatic rings. The highest BCUT2D eigenvalue weighted by atomic mass is 16.6. The van der Waals surface area contributed by atoms with E-state index in [1.807, 2.05) is 0 Å². The third-order valence-electron chi connectivity index (χ3n) is 7.67. The van der Waals surface area contributed by atoms with Gasteiger partial charge in [0.1, 0.15) is 5.58 Å². The Balaban J connectivity index is 1.57. The van der Waals surface area contributed by atoms with Crippen LogP contribution in [0.2, 0.25) is 0 Å². The van der Waals surface area contributed by atoms with Crippen molar-refractivity contribution < 1.29 is 19.1 Å². The van der Waals surface area contributed by atoms with E-state index in [2.05, 4.69) is 16.0 Å². The van der Waals surface area contributed by atoms with Crippen LogP contribution >= 0.6 is 0 Å². The number of non-ortho nitro benzene ring substituents is 2. The zero-order chi connectivity index (χ0) is 30.3. The van der Waals surface area contributed by atoms with Crippen LogP contribution in [0, 0.1) is 20.2 Å². The van der Waals surface area contributed by atoms with Gasteiger partial charge in [0.2, 0.25) is 5.91 Å². The zero-order valence-corrected chi connectivity index (χ0v) is 23.2.